The Balaban J connectivity index is 2.03. The van der Waals surface area contributed by atoms with Crippen LogP contribution in [0.15, 0.2) is 40.9 Å². The molecule has 1 unspecified atom stereocenters. The molecule has 1 aliphatic rings. The zero-order valence-corrected chi connectivity index (χ0v) is 15.1. The van der Waals surface area contributed by atoms with Gasteiger partial charge in [0, 0.05) is 17.1 Å². The van der Waals surface area contributed by atoms with Crippen molar-refractivity contribution in [2.75, 3.05) is 20.2 Å². The third kappa shape index (κ3) is 3.24. The molecule has 0 aromatic heterocycles. The minimum Gasteiger partial charge on any atom is -0.508 e. The van der Waals surface area contributed by atoms with E-state index in [-0.39, 0.29) is 6.04 Å². The van der Waals surface area contributed by atoms with E-state index in [9.17, 15) is 5.11 Å². The Morgan fingerprint density at radius 1 is 1.30 bits per heavy atom. The average molecular weight is 376 g/mol. The summed E-state index contributed by atoms with van der Waals surface area (Å²) in [5, 5.41) is 10.1. The maximum atomic E-state index is 10.1. The summed E-state index contributed by atoms with van der Waals surface area (Å²) in [6.07, 6.45) is 1.83. The summed E-state index contributed by atoms with van der Waals surface area (Å²) in [4.78, 5) is 2.48. The number of para-hydroxylation sites is 1. The van der Waals surface area contributed by atoms with Crippen LogP contribution in [0.25, 0.3) is 0 Å². The monoisotopic (exact) mass is 375 g/mol. The molecule has 1 heterocycles. The molecule has 0 saturated heterocycles. The maximum absolute atomic E-state index is 10.1. The van der Waals surface area contributed by atoms with Crippen molar-refractivity contribution in [1.82, 2.24) is 4.90 Å². The van der Waals surface area contributed by atoms with Gasteiger partial charge in [-0.2, -0.15) is 0 Å². The number of benzene rings is 2. The number of ether oxygens (including phenoxy) is 1. The molecule has 0 radical (unpaired) electrons. The first-order chi connectivity index (χ1) is 11.1. The van der Waals surface area contributed by atoms with Crippen LogP contribution in [-0.2, 0) is 12.8 Å². The molecule has 0 aliphatic carbocycles. The first-order valence-electron chi connectivity index (χ1n) is 8.01. The van der Waals surface area contributed by atoms with Crippen LogP contribution in [0.4, 0.5) is 0 Å². The second-order valence-electron chi connectivity index (χ2n) is 5.91. The van der Waals surface area contributed by atoms with Crippen LogP contribution in [0, 0.1) is 0 Å². The van der Waals surface area contributed by atoms with Crippen molar-refractivity contribution in [2.24, 2.45) is 0 Å². The van der Waals surface area contributed by atoms with Gasteiger partial charge in [0.05, 0.1) is 7.11 Å². The third-order valence-corrected chi connectivity index (χ3v) is 5.33. The number of hydrogen-bond donors (Lipinski definition) is 1. The average Bonchev–Trinajstić information content (AvgIpc) is 2.56. The molecule has 1 N–H and O–H groups in total. The van der Waals surface area contributed by atoms with Crippen LogP contribution >= 0.6 is 15.9 Å². The van der Waals surface area contributed by atoms with E-state index >= 15 is 0 Å². The van der Waals surface area contributed by atoms with Gasteiger partial charge in [-0.15, -0.1) is 0 Å². The number of methoxy groups -OCH3 is 1. The summed E-state index contributed by atoms with van der Waals surface area (Å²) in [6, 6.07) is 12.1. The molecule has 122 valence electrons. The third-order valence-electron chi connectivity index (χ3n) is 4.68. The Hall–Kier alpha value is -1.52. The number of phenols is 1. The van der Waals surface area contributed by atoms with Crippen LogP contribution in [0.3, 0.4) is 0 Å². The molecule has 23 heavy (non-hydrogen) atoms. The zero-order chi connectivity index (χ0) is 16.4. The first-order valence-corrected chi connectivity index (χ1v) is 8.80. The summed E-state index contributed by atoms with van der Waals surface area (Å²) < 4.78 is 6.49. The second kappa shape index (κ2) is 6.93. The van der Waals surface area contributed by atoms with Gasteiger partial charge in [0.15, 0.2) is 0 Å². The van der Waals surface area contributed by atoms with E-state index in [1.807, 2.05) is 24.3 Å². The lowest BCUT2D eigenvalue weighted by Crippen LogP contribution is -2.36. The molecule has 2 aromatic rings. The number of rotatable bonds is 4. The molecule has 1 aliphatic heterocycles. The summed E-state index contributed by atoms with van der Waals surface area (Å²) in [7, 11) is 1.70. The normalized spacial score (nSPS) is 17.8. The first kappa shape index (κ1) is 16.3. The minimum atomic E-state index is 0.261. The van der Waals surface area contributed by atoms with Crippen molar-refractivity contribution in [2.45, 2.75) is 25.8 Å². The molecule has 0 fully saturated rings. The zero-order valence-electron chi connectivity index (χ0n) is 13.6. The van der Waals surface area contributed by atoms with Gasteiger partial charge in [0.25, 0.3) is 0 Å². The summed E-state index contributed by atoms with van der Waals surface area (Å²) >= 11 is 3.73. The van der Waals surface area contributed by atoms with E-state index < -0.39 is 0 Å². The fourth-order valence-corrected chi connectivity index (χ4v) is 4.19. The highest BCUT2D eigenvalue weighted by Crippen LogP contribution is 2.40. The Labute approximate surface area is 146 Å². The molecule has 0 saturated carbocycles. The number of nitrogens with zero attached hydrogens (tertiary/aromatic N) is 1. The van der Waals surface area contributed by atoms with Crippen LogP contribution in [-0.4, -0.2) is 30.2 Å². The molecule has 0 spiro atoms. The van der Waals surface area contributed by atoms with E-state index in [1.54, 1.807) is 13.2 Å². The molecular weight excluding hydrogens is 354 g/mol. The lowest BCUT2D eigenvalue weighted by molar-refractivity contribution is 0.192. The van der Waals surface area contributed by atoms with Crippen molar-refractivity contribution >= 4 is 15.9 Å². The van der Waals surface area contributed by atoms with Crippen molar-refractivity contribution in [1.29, 1.82) is 0 Å². The van der Waals surface area contributed by atoms with Gasteiger partial charge in [-0.3, -0.25) is 4.90 Å². The fourth-order valence-electron chi connectivity index (χ4n) is 3.45. The number of halogens is 1. The van der Waals surface area contributed by atoms with E-state index in [0.717, 1.165) is 41.7 Å². The second-order valence-corrected chi connectivity index (χ2v) is 6.76. The molecule has 1 atom stereocenters. The maximum Gasteiger partial charge on any atom is 0.120 e. The molecular formula is C19H22BrNO2. The van der Waals surface area contributed by atoms with E-state index in [2.05, 4.69) is 33.8 Å². The van der Waals surface area contributed by atoms with Crippen LogP contribution < -0.4 is 4.74 Å². The molecule has 3 rings (SSSR count). The topological polar surface area (TPSA) is 32.7 Å². The molecule has 3 nitrogen and oxygen atoms in total. The largest absolute Gasteiger partial charge is 0.508 e. The summed E-state index contributed by atoms with van der Waals surface area (Å²) in [5.41, 5.74) is 3.65. The van der Waals surface area contributed by atoms with Gasteiger partial charge < -0.3 is 9.84 Å². The van der Waals surface area contributed by atoms with Gasteiger partial charge in [-0.1, -0.05) is 41.1 Å². The SMILES string of the molecule is CCN1CCc2cc(OC)cc(Br)c2C1Cc1ccccc1O. The number of aromatic hydroxyl groups is 1. The van der Waals surface area contributed by atoms with Crippen molar-refractivity contribution in [3.63, 3.8) is 0 Å². The lowest BCUT2D eigenvalue weighted by atomic mass is 9.88. The summed E-state index contributed by atoms with van der Waals surface area (Å²) in [6.45, 7) is 4.22. The van der Waals surface area contributed by atoms with E-state index in [0.29, 0.717) is 5.75 Å². The Morgan fingerprint density at radius 2 is 2.09 bits per heavy atom. The minimum absolute atomic E-state index is 0.261. The number of fused-ring (bicyclic) bond motifs is 1. The highest BCUT2D eigenvalue weighted by molar-refractivity contribution is 9.10. The van der Waals surface area contributed by atoms with Crippen LogP contribution in [0.1, 0.15) is 29.7 Å². The van der Waals surface area contributed by atoms with E-state index in [4.69, 9.17) is 4.74 Å². The highest BCUT2D eigenvalue weighted by Gasteiger charge is 2.29. The van der Waals surface area contributed by atoms with Crippen molar-refractivity contribution in [3.8, 4) is 11.5 Å². The van der Waals surface area contributed by atoms with Crippen LogP contribution in [0.2, 0.25) is 0 Å². The van der Waals surface area contributed by atoms with Gasteiger partial charge in [0.1, 0.15) is 11.5 Å². The quantitative estimate of drug-likeness (QED) is 0.863. The van der Waals surface area contributed by atoms with Gasteiger partial charge >= 0.3 is 0 Å². The van der Waals surface area contributed by atoms with Crippen molar-refractivity contribution < 1.29 is 9.84 Å². The van der Waals surface area contributed by atoms with Gasteiger partial charge in [0.2, 0.25) is 0 Å². The van der Waals surface area contributed by atoms with Gasteiger partial charge in [-0.05, 0) is 54.3 Å². The Bertz CT molecular complexity index is 702. The van der Waals surface area contributed by atoms with Crippen LogP contribution in [0.5, 0.6) is 11.5 Å². The molecule has 0 amide bonds. The summed E-state index contributed by atoms with van der Waals surface area (Å²) in [5.74, 6) is 1.27. The number of hydrogen-bond acceptors (Lipinski definition) is 3. The molecule has 4 heteroatoms. The molecule has 0 bridgehead atoms. The molecule has 2 aromatic carbocycles. The fraction of sp³-hybridized carbons (Fsp3) is 0.368. The predicted molar refractivity (Wildman–Crippen MR) is 96.2 cm³/mol. The highest BCUT2D eigenvalue weighted by atomic mass is 79.9. The van der Waals surface area contributed by atoms with Crippen molar-refractivity contribution in [3.05, 3.63) is 57.6 Å². The Morgan fingerprint density at radius 3 is 2.78 bits per heavy atom. The number of likely N-dealkylation sites (N-methyl/N-ethyl adjacent to an activating group) is 1. The predicted octanol–water partition coefficient (Wildman–Crippen LogP) is 4.33. The number of phenolic OH excluding ortho intramolecular Hbond substituents is 1. The Kier molecular flexibility index (Phi) is 4.93. The lowest BCUT2D eigenvalue weighted by Gasteiger charge is -2.37. The van der Waals surface area contributed by atoms with E-state index in [1.165, 1.54) is 11.1 Å². The smallest absolute Gasteiger partial charge is 0.120 e. The van der Waals surface area contributed by atoms with Gasteiger partial charge in [-0.25, -0.2) is 0 Å². The standard InChI is InChI=1S/C19H22BrNO2/c1-3-21-9-8-14-10-15(23-2)12-16(20)19(14)17(21)11-13-6-4-5-7-18(13)22/h4-7,10,12,17,22H,3,8-9,11H2,1-2H3.